The zero-order valence-corrected chi connectivity index (χ0v) is 15.0. The first-order valence-electron chi connectivity index (χ1n) is 7.97. The van der Waals surface area contributed by atoms with Crippen LogP contribution in [0.1, 0.15) is 16.8 Å². The summed E-state index contributed by atoms with van der Waals surface area (Å²) in [5, 5.41) is 2.83. The van der Waals surface area contributed by atoms with Crippen LogP contribution in [0.2, 0.25) is 0 Å². The fourth-order valence-electron chi connectivity index (χ4n) is 2.25. The maximum atomic E-state index is 11.8. The summed E-state index contributed by atoms with van der Waals surface area (Å²) in [5.41, 5.74) is 4.10. The van der Waals surface area contributed by atoms with E-state index in [-0.39, 0.29) is 13.2 Å². The molecule has 0 atom stereocenters. The molecular formula is C20H19NO3S. The largest absolute Gasteiger partial charge is 0.482 e. The number of aromatic nitrogens is 1. The van der Waals surface area contributed by atoms with Crippen LogP contribution in [-0.4, -0.2) is 17.6 Å². The number of carbonyl (C=O) groups excluding carboxylic acids is 1. The molecule has 2 aromatic carbocycles. The standard InChI is InChI=1S/C20H19NO3S/c1-14-6-8-16(9-7-14)20-21-17(13-25-20)11-24-19(22)12-23-18-5-3-4-15(2)10-18/h3-10,13H,11-12H2,1-2H3. The van der Waals surface area contributed by atoms with Crippen molar-refractivity contribution in [3.05, 3.63) is 70.7 Å². The molecule has 5 heteroatoms. The molecule has 0 aliphatic carbocycles. The normalized spacial score (nSPS) is 10.5. The summed E-state index contributed by atoms with van der Waals surface area (Å²) in [6.45, 7) is 4.06. The predicted octanol–water partition coefficient (Wildman–Crippen LogP) is 4.55. The van der Waals surface area contributed by atoms with E-state index in [4.69, 9.17) is 9.47 Å². The van der Waals surface area contributed by atoms with Gasteiger partial charge in [0.15, 0.2) is 6.61 Å². The molecule has 128 valence electrons. The average Bonchev–Trinajstić information content (AvgIpc) is 3.08. The lowest BCUT2D eigenvalue weighted by Gasteiger charge is -2.06. The molecule has 0 fully saturated rings. The highest BCUT2D eigenvalue weighted by molar-refractivity contribution is 7.13. The van der Waals surface area contributed by atoms with Crippen molar-refractivity contribution in [1.82, 2.24) is 4.98 Å². The van der Waals surface area contributed by atoms with Crippen molar-refractivity contribution in [1.29, 1.82) is 0 Å². The number of nitrogens with zero attached hydrogens (tertiary/aromatic N) is 1. The number of ether oxygens (including phenoxy) is 2. The number of hydrogen-bond donors (Lipinski definition) is 0. The summed E-state index contributed by atoms with van der Waals surface area (Å²) < 4.78 is 10.7. The molecule has 0 unspecified atom stereocenters. The van der Waals surface area contributed by atoms with Gasteiger partial charge in [-0.2, -0.15) is 0 Å². The molecule has 0 saturated carbocycles. The van der Waals surface area contributed by atoms with Crippen LogP contribution in [0, 0.1) is 13.8 Å². The van der Waals surface area contributed by atoms with Crippen LogP contribution in [-0.2, 0) is 16.1 Å². The van der Waals surface area contributed by atoms with Crippen molar-refractivity contribution < 1.29 is 14.3 Å². The minimum Gasteiger partial charge on any atom is -0.482 e. The number of hydrogen-bond acceptors (Lipinski definition) is 5. The molecule has 0 amide bonds. The first-order valence-corrected chi connectivity index (χ1v) is 8.84. The van der Waals surface area contributed by atoms with E-state index in [1.165, 1.54) is 16.9 Å². The summed E-state index contributed by atoms with van der Waals surface area (Å²) in [6, 6.07) is 15.7. The fraction of sp³-hybridized carbons (Fsp3) is 0.200. The Morgan fingerprint density at radius 1 is 1.08 bits per heavy atom. The highest BCUT2D eigenvalue weighted by Gasteiger charge is 2.09. The molecule has 0 bridgehead atoms. The molecule has 25 heavy (non-hydrogen) atoms. The van der Waals surface area contributed by atoms with Crippen LogP contribution < -0.4 is 4.74 Å². The van der Waals surface area contributed by atoms with E-state index in [1.54, 1.807) is 0 Å². The van der Waals surface area contributed by atoms with E-state index in [9.17, 15) is 4.79 Å². The van der Waals surface area contributed by atoms with Gasteiger partial charge in [0.2, 0.25) is 0 Å². The van der Waals surface area contributed by atoms with Crippen LogP contribution in [0.3, 0.4) is 0 Å². The zero-order chi connectivity index (χ0) is 17.6. The summed E-state index contributed by atoms with van der Waals surface area (Å²) in [6.07, 6.45) is 0. The van der Waals surface area contributed by atoms with Gasteiger partial charge in [-0.1, -0.05) is 42.0 Å². The topological polar surface area (TPSA) is 48.4 Å². The second kappa shape index (κ2) is 7.94. The highest BCUT2D eigenvalue weighted by atomic mass is 32.1. The third-order valence-corrected chi connectivity index (χ3v) is 4.52. The van der Waals surface area contributed by atoms with Crippen LogP contribution in [0.25, 0.3) is 10.6 Å². The minimum absolute atomic E-state index is 0.113. The van der Waals surface area contributed by atoms with Crippen molar-refractivity contribution >= 4 is 17.3 Å². The summed E-state index contributed by atoms with van der Waals surface area (Å²) in [7, 11) is 0. The van der Waals surface area contributed by atoms with Crippen molar-refractivity contribution in [2.45, 2.75) is 20.5 Å². The quantitative estimate of drug-likeness (QED) is 0.610. The summed E-state index contributed by atoms with van der Waals surface area (Å²) >= 11 is 1.54. The average molecular weight is 353 g/mol. The van der Waals surface area contributed by atoms with Crippen LogP contribution in [0.5, 0.6) is 5.75 Å². The molecule has 0 saturated heterocycles. The molecule has 0 aliphatic rings. The third-order valence-electron chi connectivity index (χ3n) is 3.58. The van der Waals surface area contributed by atoms with Gasteiger partial charge in [0.25, 0.3) is 0 Å². The lowest BCUT2D eigenvalue weighted by Crippen LogP contribution is -2.14. The molecule has 1 heterocycles. The van der Waals surface area contributed by atoms with E-state index in [0.29, 0.717) is 5.75 Å². The number of rotatable bonds is 6. The van der Waals surface area contributed by atoms with E-state index >= 15 is 0 Å². The lowest BCUT2D eigenvalue weighted by molar-refractivity contribution is -0.147. The van der Waals surface area contributed by atoms with Crippen LogP contribution in [0.4, 0.5) is 0 Å². The van der Waals surface area contributed by atoms with Gasteiger partial charge < -0.3 is 9.47 Å². The Kier molecular flexibility index (Phi) is 5.46. The maximum absolute atomic E-state index is 11.8. The Hall–Kier alpha value is -2.66. The van der Waals surface area contributed by atoms with Crippen LogP contribution >= 0.6 is 11.3 Å². The molecule has 0 radical (unpaired) electrons. The molecular weight excluding hydrogens is 334 g/mol. The van der Waals surface area contributed by atoms with Gasteiger partial charge >= 0.3 is 5.97 Å². The molecule has 3 aromatic rings. The monoisotopic (exact) mass is 353 g/mol. The molecule has 0 N–H and O–H groups in total. The molecule has 0 aliphatic heterocycles. The lowest BCUT2D eigenvalue weighted by atomic mass is 10.2. The van der Waals surface area contributed by atoms with Gasteiger partial charge in [0.05, 0.1) is 5.69 Å². The number of esters is 1. The van der Waals surface area contributed by atoms with Gasteiger partial charge in [-0.25, -0.2) is 9.78 Å². The second-order valence-corrected chi connectivity index (χ2v) is 6.63. The Morgan fingerprint density at radius 2 is 1.88 bits per heavy atom. The molecule has 0 spiro atoms. The number of carbonyl (C=O) groups is 1. The van der Waals surface area contributed by atoms with Gasteiger partial charge in [0.1, 0.15) is 17.4 Å². The van der Waals surface area contributed by atoms with Crippen molar-refractivity contribution in [2.24, 2.45) is 0 Å². The summed E-state index contributed by atoms with van der Waals surface area (Å²) in [4.78, 5) is 16.3. The van der Waals surface area contributed by atoms with E-state index in [2.05, 4.69) is 24.0 Å². The first kappa shape index (κ1) is 17.2. The molecule has 4 nitrogen and oxygen atoms in total. The predicted molar refractivity (Wildman–Crippen MR) is 98.8 cm³/mol. The maximum Gasteiger partial charge on any atom is 0.344 e. The minimum atomic E-state index is -0.411. The van der Waals surface area contributed by atoms with Crippen molar-refractivity contribution in [2.75, 3.05) is 6.61 Å². The van der Waals surface area contributed by atoms with Gasteiger partial charge in [0, 0.05) is 10.9 Å². The van der Waals surface area contributed by atoms with E-state index < -0.39 is 5.97 Å². The van der Waals surface area contributed by atoms with Crippen molar-refractivity contribution in [3.8, 4) is 16.3 Å². The van der Waals surface area contributed by atoms with Gasteiger partial charge in [-0.15, -0.1) is 11.3 Å². The Morgan fingerprint density at radius 3 is 2.64 bits per heavy atom. The fourth-order valence-corrected chi connectivity index (χ4v) is 3.06. The first-order chi connectivity index (χ1) is 12.1. The van der Waals surface area contributed by atoms with E-state index in [0.717, 1.165) is 21.8 Å². The summed E-state index contributed by atoms with van der Waals surface area (Å²) in [5.74, 6) is 0.249. The van der Waals surface area contributed by atoms with Gasteiger partial charge in [-0.05, 0) is 31.5 Å². The molecule has 3 rings (SSSR count). The highest BCUT2D eigenvalue weighted by Crippen LogP contribution is 2.24. The van der Waals surface area contributed by atoms with Crippen LogP contribution in [0.15, 0.2) is 53.9 Å². The number of benzene rings is 2. The Labute approximate surface area is 151 Å². The molecule has 1 aromatic heterocycles. The van der Waals surface area contributed by atoms with E-state index in [1.807, 2.05) is 48.7 Å². The smallest absolute Gasteiger partial charge is 0.344 e. The van der Waals surface area contributed by atoms with Gasteiger partial charge in [-0.3, -0.25) is 0 Å². The third kappa shape index (κ3) is 4.90. The second-order valence-electron chi connectivity index (χ2n) is 5.78. The Balaban J connectivity index is 1.50. The Bertz CT molecular complexity index is 855. The zero-order valence-electron chi connectivity index (χ0n) is 14.2. The number of aryl methyl sites for hydroxylation is 2. The van der Waals surface area contributed by atoms with Crippen molar-refractivity contribution in [3.63, 3.8) is 0 Å². The SMILES string of the molecule is Cc1ccc(-c2nc(COC(=O)COc3cccc(C)c3)cs2)cc1. The number of thiazole rings is 1.